The minimum absolute atomic E-state index is 0.309. The van der Waals surface area contributed by atoms with Crippen LogP contribution in [0.15, 0.2) is 82.4 Å². The molecule has 4 aromatic rings. The average molecular weight is 386 g/mol. The zero-order valence-corrected chi connectivity index (χ0v) is 15.6. The quantitative estimate of drug-likeness (QED) is 0.543. The van der Waals surface area contributed by atoms with Crippen molar-refractivity contribution in [3.8, 4) is 17.2 Å². The second-order valence-corrected chi connectivity index (χ2v) is 6.84. The van der Waals surface area contributed by atoms with E-state index in [0.29, 0.717) is 47.8 Å². The predicted octanol–water partition coefficient (Wildman–Crippen LogP) is 2.97. The number of ether oxygens (including phenoxy) is 2. The normalized spacial score (nSPS) is 12.8. The molecule has 0 atom stereocenters. The summed E-state index contributed by atoms with van der Waals surface area (Å²) >= 11 is 0. The molecule has 0 radical (unpaired) electrons. The van der Waals surface area contributed by atoms with Crippen molar-refractivity contribution in [2.75, 3.05) is 13.2 Å². The fourth-order valence-electron chi connectivity index (χ4n) is 3.65. The molecule has 1 aliphatic rings. The summed E-state index contributed by atoms with van der Waals surface area (Å²) in [7, 11) is 0. The van der Waals surface area contributed by atoms with E-state index in [9.17, 15) is 9.59 Å². The van der Waals surface area contributed by atoms with Gasteiger partial charge in [-0.05, 0) is 42.0 Å². The summed E-state index contributed by atoms with van der Waals surface area (Å²) in [5.41, 5.74) is 1.33. The Labute approximate surface area is 166 Å². The van der Waals surface area contributed by atoms with E-state index in [1.807, 2.05) is 42.5 Å². The van der Waals surface area contributed by atoms with E-state index < -0.39 is 0 Å². The van der Waals surface area contributed by atoms with E-state index >= 15 is 0 Å². The lowest BCUT2D eigenvalue weighted by Gasteiger charge is -2.19. The first kappa shape index (κ1) is 17.3. The Morgan fingerprint density at radius 1 is 0.793 bits per heavy atom. The van der Waals surface area contributed by atoms with Gasteiger partial charge in [0, 0.05) is 0 Å². The van der Waals surface area contributed by atoms with Gasteiger partial charge in [-0.3, -0.25) is 9.36 Å². The first-order chi connectivity index (χ1) is 14.2. The van der Waals surface area contributed by atoms with Crippen LogP contribution in [0.5, 0.6) is 11.5 Å². The molecule has 0 saturated heterocycles. The van der Waals surface area contributed by atoms with E-state index in [4.69, 9.17) is 9.47 Å². The molecule has 0 N–H and O–H groups in total. The van der Waals surface area contributed by atoms with Gasteiger partial charge < -0.3 is 9.47 Å². The molecule has 0 aliphatic carbocycles. The third-order valence-electron chi connectivity index (χ3n) is 5.01. The van der Waals surface area contributed by atoms with E-state index in [1.165, 1.54) is 4.57 Å². The Hall–Kier alpha value is -3.80. The Morgan fingerprint density at radius 2 is 1.52 bits per heavy atom. The van der Waals surface area contributed by atoms with Crippen molar-refractivity contribution in [2.24, 2.45) is 0 Å². The van der Waals surface area contributed by atoms with Crippen LogP contribution in [0.2, 0.25) is 0 Å². The number of rotatable bonds is 3. The first-order valence-corrected chi connectivity index (χ1v) is 9.41. The van der Waals surface area contributed by atoms with Crippen LogP contribution in [0.25, 0.3) is 16.6 Å². The SMILES string of the molecule is O=c1c2ccccc2n(Cc2ccc3c(c2)OCCO3)c(=O)n1-c1ccccc1. The molecular weight excluding hydrogens is 368 g/mol. The van der Waals surface area contributed by atoms with Crippen LogP contribution in [0, 0.1) is 0 Å². The molecule has 0 saturated carbocycles. The van der Waals surface area contributed by atoms with Crippen molar-refractivity contribution in [3.05, 3.63) is 99.2 Å². The lowest BCUT2D eigenvalue weighted by atomic mass is 10.1. The molecular formula is C23H18N2O4. The zero-order valence-electron chi connectivity index (χ0n) is 15.6. The zero-order chi connectivity index (χ0) is 19.8. The number of aromatic nitrogens is 2. The van der Waals surface area contributed by atoms with Crippen LogP contribution in [-0.4, -0.2) is 22.3 Å². The smallest absolute Gasteiger partial charge is 0.336 e. The lowest BCUT2D eigenvalue weighted by molar-refractivity contribution is 0.171. The highest BCUT2D eigenvalue weighted by Gasteiger charge is 2.16. The summed E-state index contributed by atoms with van der Waals surface area (Å²) in [4.78, 5) is 26.4. The molecule has 6 heteroatoms. The van der Waals surface area contributed by atoms with Crippen LogP contribution >= 0.6 is 0 Å². The van der Waals surface area contributed by atoms with Crippen molar-refractivity contribution in [2.45, 2.75) is 6.54 Å². The summed E-state index contributed by atoms with van der Waals surface area (Å²) in [5.74, 6) is 1.37. The number of nitrogens with zero attached hydrogens (tertiary/aromatic N) is 2. The van der Waals surface area contributed by atoms with Crippen molar-refractivity contribution >= 4 is 10.9 Å². The van der Waals surface area contributed by atoms with Crippen molar-refractivity contribution in [1.82, 2.24) is 9.13 Å². The first-order valence-electron chi connectivity index (χ1n) is 9.41. The van der Waals surface area contributed by atoms with Gasteiger partial charge in [0.1, 0.15) is 13.2 Å². The number of benzene rings is 3. The van der Waals surface area contributed by atoms with Gasteiger partial charge in [-0.1, -0.05) is 36.4 Å². The molecule has 3 aromatic carbocycles. The fourth-order valence-corrected chi connectivity index (χ4v) is 3.65. The Balaban J connectivity index is 1.71. The van der Waals surface area contributed by atoms with Gasteiger partial charge in [-0.15, -0.1) is 0 Å². The summed E-state index contributed by atoms with van der Waals surface area (Å²) in [5, 5.41) is 0.494. The monoisotopic (exact) mass is 386 g/mol. The van der Waals surface area contributed by atoms with Crippen LogP contribution < -0.4 is 20.7 Å². The van der Waals surface area contributed by atoms with Gasteiger partial charge >= 0.3 is 5.69 Å². The van der Waals surface area contributed by atoms with Crippen LogP contribution in [0.4, 0.5) is 0 Å². The van der Waals surface area contributed by atoms with Gasteiger partial charge in [0.2, 0.25) is 0 Å². The van der Waals surface area contributed by atoms with Crippen molar-refractivity contribution in [3.63, 3.8) is 0 Å². The molecule has 0 bridgehead atoms. The molecule has 144 valence electrons. The standard InChI is InChI=1S/C23H18N2O4/c26-22-18-8-4-5-9-19(18)24(23(27)25(22)17-6-2-1-3-7-17)15-16-10-11-20-21(14-16)29-13-12-28-20/h1-11,14H,12-13,15H2. The number of para-hydroxylation sites is 2. The van der Waals surface area contributed by atoms with Crippen molar-refractivity contribution < 1.29 is 9.47 Å². The molecule has 1 aliphatic heterocycles. The molecule has 5 rings (SSSR count). The molecule has 0 fully saturated rings. The van der Waals surface area contributed by atoms with Crippen LogP contribution in [-0.2, 0) is 6.54 Å². The number of hydrogen-bond donors (Lipinski definition) is 0. The molecule has 1 aromatic heterocycles. The summed E-state index contributed by atoms with van der Waals surface area (Å²) in [6.07, 6.45) is 0. The van der Waals surface area contributed by atoms with Gasteiger partial charge in [-0.2, -0.15) is 0 Å². The van der Waals surface area contributed by atoms with Crippen LogP contribution in [0.1, 0.15) is 5.56 Å². The van der Waals surface area contributed by atoms with E-state index in [1.54, 1.807) is 34.9 Å². The molecule has 0 unspecified atom stereocenters. The topological polar surface area (TPSA) is 62.5 Å². The third kappa shape index (κ3) is 2.99. The second kappa shape index (κ2) is 6.98. The average Bonchev–Trinajstić information content (AvgIpc) is 2.77. The number of hydrogen-bond acceptors (Lipinski definition) is 4. The maximum Gasteiger partial charge on any atom is 0.336 e. The Bertz CT molecular complexity index is 1320. The van der Waals surface area contributed by atoms with Gasteiger partial charge in [-0.25, -0.2) is 9.36 Å². The highest BCUT2D eigenvalue weighted by Crippen LogP contribution is 2.31. The maximum absolute atomic E-state index is 13.4. The van der Waals surface area contributed by atoms with Crippen LogP contribution in [0.3, 0.4) is 0 Å². The Morgan fingerprint density at radius 3 is 2.34 bits per heavy atom. The molecule has 0 amide bonds. The third-order valence-corrected chi connectivity index (χ3v) is 5.01. The van der Waals surface area contributed by atoms with E-state index in [2.05, 4.69) is 0 Å². The van der Waals surface area contributed by atoms with Gasteiger partial charge in [0.05, 0.1) is 23.1 Å². The summed E-state index contributed by atoms with van der Waals surface area (Å²) < 4.78 is 14.1. The largest absolute Gasteiger partial charge is 0.486 e. The minimum Gasteiger partial charge on any atom is -0.486 e. The molecule has 29 heavy (non-hydrogen) atoms. The predicted molar refractivity (Wildman–Crippen MR) is 110 cm³/mol. The highest BCUT2D eigenvalue weighted by atomic mass is 16.6. The highest BCUT2D eigenvalue weighted by molar-refractivity contribution is 5.78. The van der Waals surface area contributed by atoms with E-state index in [-0.39, 0.29) is 11.2 Å². The summed E-state index contributed by atoms with van der Waals surface area (Å²) in [6.45, 7) is 1.33. The number of fused-ring (bicyclic) bond motifs is 2. The minimum atomic E-state index is -0.380. The molecule has 2 heterocycles. The van der Waals surface area contributed by atoms with Gasteiger partial charge in [0.25, 0.3) is 5.56 Å². The Kier molecular flexibility index (Phi) is 4.17. The molecule has 6 nitrogen and oxygen atoms in total. The maximum atomic E-state index is 13.4. The fraction of sp³-hybridized carbons (Fsp3) is 0.130. The van der Waals surface area contributed by atoms with Gasteiger partial charge in [0.15, 0.2) is 11.5 Å². The van der Waals surface area contributed by atoms with Crippen molar-refractivity contribution in [1.29, 1.82) is 0 Å². The molecule has 0 spiro atoms. The lowest BCUT2D eigenvalue weighted by Crippen LogP contribution is -2.39. The summed E-state index contributed by atoms with van der Waals surface area (Å²) in [6, 6.07) is 21.8. The second-order valence-electron chi connectivity index (χ2n) is 6.84. The van der Waals surface area contributed by atoms with E-state index in [0.717, 1.165) is 5.56 Å².